The lowest BCUT2D eigenvalue weighted by Gasteiger charge is -2.16. The highest BCUT2D eigenvalue weighted by Crippen LogP contribution is 1.91. The van der Waals surface area contributed by atoms with Crippen molar-refractivity contribution in [2.45, 2.75) is 26.2 Å². The van der Waals surface area contributed by atoms with Crippen LogP contribution in [0.25, 0.3) is 0 Å². The summed E-state index contributed by atoms with van der Waals surface area (Å²) in [6.07, 6.45) is 4.94. The van der Waals surface area contributed by atoms with Gasteiger partial charge in [-0.2, -0.15) is 0 Å². The fourth-order valence-electron chi connectivity index (χ4n) is 2.55. The van der Waals surface area contributed by atoms with E-state index in [1.54, 1.807) is 0 Å². The molecule has 0 aromatic carbocycles. The fraction of sp³-hybridized carbons (Fsp3) is 0.920. The van der Waals surface area contributed by atoms with Crippen molar-refractivity contribution in [3.63, 3.8) is 0 Å². The van der Waals surface area contributed by atoms with Crippen molar-refractivity contribution >= 4 is 0 Å². The molecule has 0 heterocycles. The van der Waals surface area contributed by atoms with Crippen LogP contribution in [0.2, 0.25) is 0 Å². The van der Waals surface area contributed by atoms with Gasteiger partial charge in [-0.3, -0.25) is 0 Å². The molecule has 0 unspecified atom stereocenters. The molecule has 9 heteroatoms. The molecule has 0 aromatic rings. The Morgan fingerprint density at radius 1 is 0.500 bits per heavy atom. The molecule has 9 nitrogen and oxygen atoms in total. The van der Waals surface area contributed by atoms with E-state index in [0.29, 0.717) is 92.5 Å². The molecule has 0 aliphatic carbocycles. The molecule has 0 atom stereocenters. The Hall–Kier alpha value is -0.620. The van der Waals surface area contributed by atoms with Gasteiger partial charge in [0.15, 0.2) is 0 Å². The molecule has 0 saturated carbocycles. The molecule has 0 radical (unpaired) electrons. The molecular weight excluding hydrogens is 442 g/mol. The minimum atomic E-state index is 0.571. The molecule has 0 aliphatic rings. The lowest BCUT2D eigenvalue weighted by molar-refractivity contribution is -0.00741. The summed E-state index contributed by atoms with van der Waals surface area (Å²) >= 11 is 0. The number of hydrogen-bond acceptors (Lipinski definition) is 9. The Labute approximate surface area is 207 Å². The number of ether oxygens (including phenoxy) is 8. The lowest BCUT2D eigenvalue weighted by Crippen LogP contribution is -2.28. The maximum absolute atomic E-state index is 5.60. The average molecular weight is 494 g/mol. The standard InChI is InChI=1S/C25H51NO8/c1-4-6-7-11-28-15-19-32-23-25-34-21-17-30-13-9-26(3)8-12-29-16-20-33-24-22-31-18-14-27-10-5-2/h4H,1,5-25H2,2-3H3. The van der Waals surface area contributed by atoms with E-state index in [9.17, 15) is 0 Å². The Morgan fingerprint density at radius 2 is 0.824 bits per heavy atom. The minimum absolute atomic E-state index is 0.571. The van der Waals surface area contributed by atoms with Crippen LogP contribution in [-0.2, 0) is 37.9 Å². The maximum atomic E-state index is 5.60. The topological polar surface area (TPSA) is 77.1 Å². The van der Waals surface area contributed by atoms with Gasteiger partial charge in [0.25, 0.3) is 0 Å². The van der Waals surface area contributed by atoms with Crippen molar-refractivity contribution in [1.29, 1.82) is 0 Å². The van der Waals surface area contributed by atoms with E-state index in [1.807, 2.05) is 6.08 Å². The molecule has 0 amide bonds. The zero-order valence-electron chi connectivity index (χ0n) is 21.8. The van der Waals surface area contributed by atoms with Gasteiger partial charge in [0.05, 0.1) is 92.5 Å². The van der Waals surface area contributed by atoms with Crippen LogP contribution in [0.1, 0.15) is 26.2 Å². The summed E-state index contributed by atoms with van der Waals surface area (Å²) < 4.78 is 43.8. The summed E-state index contributed by atoms with van der Waals surface area (Å²) in [4.78, 5) is 2.18. The van der Waals surface area contributed by atoms with Crippen LogP contribution in [0.3, 0.4) is 0 Å². The highest BCUT2D eigenvalue weighted by molar-refractivity contribution is 4.64. The Kier molecular flexibility index (Phi) is 29.9. The van der Waals surface area contributed by atoms with Crippen molar-refractivity contribution in [2.75, 3.05) is 126 Å². The van der Waals surface area contributed by atoms with E-state index >= 15 is 0 Å². The number of allylic oxidation sites excluding steroid dienone is 1. The number of rotatable bonds is 30. The first-order valence-electron chi connectivity index (χ1n) is 12.7. The van der Waals surface area contributed by atoms with Crippen LogP contribution in [0.5, 0.6) is 0 Å². The SMILES string of the molecule is C=CCCCOCCOCCOCCOCCN(C)CCOCCOCCOCCOCCC. The number of hydrogen-bond donors (Lipinski definition) is 0. The van der Waals surface area contributed by atoms with Gasteiger partial charge in [-0.05, 0) is 26.3 Å². The molecule has 204 valence electrons. The van der Waals surface area contributed by atoms with E-state index in [0.717, 1.165) is 45.6 Å². The summed E-state index contributed by atoms with van der Waals surface area (Å²) in [5.74, 6) is 0. The van der Waals surface area contributed by atoms with Gasteiger partial charge in [0.2, 0.25) is 0 Å². The molecule has 0 rings (SSSR count). The normalized spacial score (nSPS) is 11.5. The van der Waals surface area contributed by atoms with Crippen LogP contribution in [0.15, 0.2) is 12.7 Å². The predicted molar refractivity (Wildman–Crippen MR) is 134 cm³/mol. The molecule has 0 aliphatic heterocycles. The molecular formula is C25H51NO8. The van der Waals surface area contributed by atoms with Crippen LogP contribution in [-0.4, -0.2) is 131 Å². The third kappa shape index (κ3) is 29.4. The molecule has 0 fully saturated rings. The van der Waals surface area contributed by atoms with Gasteiger partial charge in [0.1, 0.15) is 0 Å². The number of nitrogens with zero attached hydrogens (tertiary/aromatic N) is 1. The fourth-order valence-corrected chi connectivity index (χ4v) is 2.55. The largest absolute Gasteiger partial charge is 0.379 e. The predicted octanol–water partition coefficient (Wildman–Crippen LogP) is 2.43. The van der Waals surface area contributed by atoms with Crippen molar-refractivity contribution in [3.8, 4) is 0 Å². The quantitative estimate of drug-likeness (QED) is 0.111. The molecule has 0 spiro atoms. The molecule has 0 bridgehead atoms. The van der Waals surface area contributed by atoms with E-state index < -0.39 is 0 Å². The number of unbranched alkanes of at least 4 members (excludes halogenated alkanes) is 1. The van der Waals surface area contributed by atoms with Gasteiger partial charge < -0.3 is 42.8 Å². The van der Waals surface area contributed by atoms with E-state index in [2.05, 4.69) is 25.5 Å². The first kappa shape index (κ1) is 33.4. The highest BCUT2D eigenvalue weighted by atomic mass is 16.6. The second-order valence-electron chi connectivity index (χ2n) is 7.63. The Bertz CT molecular complexity index is 390. The lowest BCUT2D eigenvalue weighted by atomic mass is 10.3. The molecule has 0 aromatic heterocycles. The zero-order valence-corrected chi connectivity index (χ0v) is 21.8. The third-order valence-electron chi connectivity index (χ3n) is 4.51. The smallest absolute Gasteiger partial charge is 0.0701 e. The van der Waals surface area contributed by atoms with Crippen LogP contribution in [0.4, 0.5) is 0 Å². The van der Waals surface area contributed by atoms with Crippen molar-refractivity contribution in [1.82, 2.24) is 4.90 Å². The summed E-state index contributed by atoms with van der Waals surface area (Å²) in [5, 5.41) is 0. The van der Waals surface area contributed by atoms with Gasteiger partial charge >= 0.3 is 0 Å². The van der Waals surface area contributed by atoms with Gasteiger partial charge in [-0.1, -0.05) is 13.0 Å². The first-order chi connectivity index (χ1) is 16.8. The number of likely N-dealkylation sites (N-methyl/N-ethyl adjacent to an activating group) is 1. The Balaban J connectivity index is 3.13. The molecule has 0 saturated heterocycles. The van der Waals surface area contributed by atoms with Gasteiger partial charge in [-0.25, -0.2) is 0 Å². The first-order valence-corrected chi connectivity index (χ1v) is 12.7. The van der Waals surface area contributed by atoms with Crippen LogP contribution >= 0.6 is 0 Å². The van der Waals surface area contributed by atoms with Crippen molar-refractivity contribution in [2.24, 2.45) is 0 Å². The van der Waals surface area contributed by atoms with E-state index in [1.165, 1.54) is 0 Å². The van der Waals surface area contributed by atoms with Crippen LogP contribution < -0.4 is 0 Å². The van der Waals surface area contributed by atoms with E-state index in [4.69, 9.17) is 37.9 Å². The Morgan fingerprint density at radius 3 is 1.18 bits per heavy atom. The second kappa shape index (κ2) is 30.4. The monoisotopic (exact) mass is 493 g/mol. The minimum Gasteiger partial charge on any atom is -0.379 e. The summed E-state index contributed by atoms with van der Waals surface area (Å²) in [7, 11) is 2.06. The van der Waals surface area contributed by atoms with E-state index in [-0.39, 0.29) is 0 Å². The summed E-state index contributed by atoms with van der Waals surface area (Å²) in [6, 6.07) is 0. The van der Waals surface area contributed by atoms with Gasteiger partial charge in [-0.15, -0.1) is 6.58 Å². The highest BCUT2D eigenvalue weighted by Gasteiger charge is 1.99. The van der Waals surface area contributed by atoms with Crippen molar-refractivity contribution < 1.29 is 37.9 Å². The molecule has 0 N–H and O–H groups in total. The second-order valence-corrected chi connectivity index (χ2v) is 7.63. The summed E-state index contributed by atoms with van der Waals surface area (Å²) in [5.41, 5.74) is 0. The maximum Gasteiger partial charge on any atom is 0.0701 e. The van der Waals surface area contributed by atoms with Crippen molar-refractivity contribution in [3.05, 3.63) is 12.7 Å². The third-order valence-corrected chi connectivity index (χ3v) is 4.51. The van der Waals surface area contributed by atoms with Crippen LogP contribution in [0, 0.1) is 0 Å². The average Bonchev–Trinajstić information content (AvgIpc) is 2.84. The summed E-state index contributed by atoms with van der Waals surface area (Å²) in [6.45, 7) is 17.5. The molecule has 34 heavy (non-hydrogen) atoms. The van der Waals surface area contributed by atoms with Gasteiger partial charge in [0, 0.05) is 26.3 Å². The zero-order chi connectivity index (χ0) is 24.8.